The number of carbonyl (C=O) groups excluding carboxylic acids is 17. The first-order valence-electron chi connectivity index (χ1n) is 40.7. The lowest BCUT2D eigenvalue weighted by atomic mass is 9.94. The molecule has 16 amide bonds. The first-order chi connectivity index (χ1) is 53.7. The zero-order valence-electron chi connectivity index (χ0n) is 77.1. The highest BCUT2D eigenvalue weighted by Crippen LogP contribution is 2.21. The molecule has 35 nitrogen and oxygen atoms in total. The zero-order chi connectivity index (χ0) is 93.1. The molecule has 0 saturated heterocycles. The molecule has 674 valence electrons. The quantitative estimate of drug-likeness (QED) is 0.0417. The minimum atomic E-state index is -1.79. The van der Waals surface area contributed by atoms with Crippen molar-refractivity contribution in [2.45, 2.75) is 347 Å². The summed E-state index contributed by atoms with van der Waals surface area (Å²) >= 11 is 0. The Morgan fingerprint density at radius 3 is 0.563 bits per heavy atom. The summed E-state index contributed by atoms with van der Waals surface area (Å²) in [6.07, 6.45) is -0.839. The topological polar surface area (TPSA) is 501 Å². The van der Waals surface area contributed by atoms with Crippen LogP contribution in [0.4, 0.5) is 4.79 Å². The number of carbonyl (C=O) groups is 17. The van der Waals surface area contributed by atoms with Crippen LogP contribution in [0.2, 0.25) is 0 Å². The van der Waals surface area contributed by atoms with E-state index in [1.54, 1.807) is 156 Å². The number of esters is 1. The minimum Gasteiger partial charge on any atom is -0.459 e. The van der Waals surface area contributed by atoms with Crippen LogP contribution in [0.1, 0.15) is 248 Å². The Labute approximate surface area is 704 Å². The summed E-state index contributed by atoms with van der Waals surface area (Å²) in [5.74, 6) is -17.3. The summed E-state index contributed by atoms with van der Waals surface area (Å²) < 4.78 is 10.8. The van der Waals surface area contributed by atoms with E-state index in [1.807, 2.05) is 6.07 Å². The molecule has 0 spiro atoms. The van der Waals surface area contributed by atoms with Gasteiger partial charge >= 0.3 is 12.1 Å². The van der Waals surface area contributed by atoms with Crippen LogP contribution in [0.5, 0.6) is 0 Å². The standard InChI is InChI=1S/C84H144N16O19/c1-42(2)51(59(101)94-78(22,23)68(110)87-53(44(5)6)61(103)96-80(26,27)70(112)89-55(46(9)10)63(105)98-82(30,31)72(114)91-57(48(13)14)65(107)100-84(34,35)74(116)118-41-50-39-37-36-38-40-50)85-67(109)77(20,21)93-60(102)52(43(3)4)86-69(111)79(24,25)95-62(104)54(45(7)8)88-71(113)81(28,29)97-64(106)56(47(11)12)90-73(115)83(32,33)99-66(108)58(49(15)16)92-75(117)119-76(17,18)19/h36-40,42-49,51-58H,41H2,1-35H3,(H,85,109)(H,86,111)(H,87,110)(H,88,113)(H,89,112)(H,90,115)(H,91,114)(H,92,117)(H,93,102)(H,94,101)(H,95,104)(H,96,103)(H,97,106)(H,98,105)(H,99,108)(H,100,107)/t51-,52-,53-,54-,55-,56-,57-,58-/m0/s1. The lowest BCUT2D eigenvalue weighted by Crippen LogP contribution is -2.67. The van der Waals surface area contributed by atoms with Gasteiger partial charge in [-0.1, -0.05) is 141 Å². The number of ether oxygens (including phenoxy) is 2. The maximum absolute atomic E-state index is 14.3. The smallest absolute Gasteiger partial charge is 0.408 e. The van der Waals surface area contributed by atoms with Crippen LogP contribution in [0.3, 0.4) is 0 Å². The lowest BCUT2D eigenvalue weighted by molar-refractivity contribution is -0.154. The van der Waals surface area contributed by atoms with Gasteiger partial charge in [-0.3, -0.25) is 71.9 Å². The molecule has 0 fully saturated rings. The van der Waals surface area contributed by atoms with Crippen molar-refractivity contribution in [2.24, 2.45) is 47.3 Å². The Morgan fingerprint density at radius 1 is 0.244 bits per heavy atom. The van der Waals surface area contributed by atoms with E-state index in [0.29, 0.717) is 0 Å². The predicted octanol–water partition coefficient (Wildman–Crippen LogP) is 3.42. The maximum atomic E-state index is 14.3. The van der Waals surface area contributed by atoms with Crippen LogP contribution in [0, 0.1) is 47.3 Å². The van der Waals surface area contributed by atoms with Crippen molar-refractivity contribution in [2.75, 3.05) is 0 Å². The van der Waals surface area contributed by atoms with Gasteiger partial charge < -0.3 is 94.5 Å². The van der Waals surface area contributed by atoms with Gasteiger partial charge in [0, 0.05) is 0 Å². The molecular weight excluding hydrogens is 1540 g/mol. The van der Waals surface area contributed by atoms with Crippen LogP contribution in [-0.4, -0.2) is 199 Å². The van der Waals surface area contributed by atoms with E-state index >= 15 is 0 Å². The van der Waals surface area contributed by atoms with E-state index in [-0.39, 0.29) is 6.61 Å². The molecule has 0 heterocycles. The summed E-state index contributed by atoms with van der Waals surface area (Å²) in [6, 6.07) is -1.19. The third-order valence-electron chi connectivity index (χ3n) is 19.5. The van der Waals surface area contributed by atoms with Crippen molar-refractivity contribution in [1.29, 1.82) is 0 Å². The fourth-order valence-corrected chi connectivity index (χ4v) is 11.4. The minimum absolute atomic E-state index is 0.0341. The Bertz CT molecular complexity index is 3810. The van der Waals surface area contributed by atoms with Gasteiger partial charge in [0.25, 0.3) is 0 Å². The van der Waals surface area contributed by atoms with Gasteiger partial charge in [-0.2, -0.15) is 0 Å². The SMILES string of the molecule is CC(C)[C@H](NC(=O)OC(C)(C)C)C(=O)NC(C)(C)C(=O)N[C@H](C(=O)NC(C)(C)C(=O)N[C@H](C(=O)NC(C)(C)C(=O)N[C@H](C(=O)NC(C)(C)C(=O)N[C@H](C(=O)NC(C)(C)C(=O)N[C@H](C(=O)NC(C)(C)C(=O)N[C@H](C(=O)NC(C)(C)C(=O)N[C@H](C(=O)NC(C)(C)C(=O)OCc1ccccc1)C(C)C)C(C)C)C(C)C)C(C)C)C(C)C)C(C)C)C(C)C. The Morgan fingerprint density at radius 2 is 0.403 bits per heavy atom. The normalized spacial score (nSPS) is 14.6. The Kier molecular flexibility index (Phi) is 38.5. The molecular formula is C84H144N16O19. The average molecular weight is 1680 g/mol. The van der Waals surface area contributed by atoms with Gasteiger partial charge in [-0.25, -0.2) is 9.59 Å². The number of hydrogen-bond donors (Lipinski definition) is 16. The summed E-state index contributed by atoms with van der Waals surface area (Å²) in [5, 5.41) is 42.4. The van der Waals surface area contributed by atoms with E-state index in [2.05, 4.69) is 85.1 Å². The number of alkyl carbamates (subject to hydrolysis) is 1. The number of hydrogen-bond acceptors (Lipinski definition) is 19. The predicted molar refractivity (Wildman–Crippen MR) is 449 cm³/mol. The summed E-state index contributed by atoms with van der Waals surface area (Å²) in [6.45, 7) is 53.5. The van der Waals surface area contributed by atoms with E-state index in [0.717, 1.165) is 5.56 Å². The molecule has 1 aromatic rings. The molecule has 1 aromatic carbocycles. The van der Waals surface area contributed by atoms with Crippen molar-refractivity contribution in [3.8, 4) is 0 Å². The zero-order valence-corrected chi connectivity index (χ0v) is 77.1. The van der Waals surface area contributed by atoms with Gasteiger partial charge in [0.15, 0.2) is 0 Å². The Hall–Kier alpha value is -9.99. The third-order valence-corrected chi connectivity index (χ3v) is 19.5. The number of rotatable bonds is 42. The van der Waals surface area contributed by atoms with Crippen LogP contribution in [0.15, 0.2) is 30.3 Å². The lowest BCUT2D eigenvalue weighted by Gasteiger charge is -2.35. The third kappa shape index (κ3) is 32.9. The van der Waals surface area contributed by atoms with Crippen molar-refractivity contribution in [3.63, 3.8) is 0 Å². The fraction of sp³-hybridized carbons (Fsp3) is 0.726. The van der Waals surface area contributed by atoms with Crippen molar-refractivity contribution in [1.82, 2.24) is 85.1 Å². The van der Waals surface area contributed by atoms with Crippen LogP contribution < -0.4 is 85.1 Å². The molecule has 0 aliphatic carbocycles. The highest BCUT2D eigenvalue weighted by Gasteiger charge is 2.47. The van der Waals surface area contributed by atoms with Gasteiger partial charge in [-0.05, 0) is 184 Å². The molecule has 16 N–H and O–H groups in total. The highest BCUT2D eigenvalue weighted by molar-refractivity contribution is 6.04. The molecule has 0 radical (unpaired) electrons. The highest BCUT2D eigenvalue weighted by atomic mass is 16.6. The largest absolute Gasteiger partial charge is 0.459 e. The van der Waals surface area contributed by atoms with Crippen LogP contribution in [0.25, 0.3) is 0 Å². The molecule has 0 aromatic heterocycles. The molecule has 35 heteroatoms. The molecule has 1 rings (SSSR count). The Balaban J connectivity index is 3.21. The summed E-state index contributed by atoms with van der Waals surface area (Å²) in [7, 11) is 0. The van der Waals surface area contributed by atoms with E-state index < -0.39 is 246 Å². The average Bonchev–Trinajstić information content (AvgIpc) is 0.826. The second-order valence-corrected chi connectivity index (χ2v) is 38.7. The molecule has 0 aliphatic rings. The molecule has 0 saturated carbocycles. The number of benzene rings is 1. The van der Waals surface area contributed by atoms with E-state index in [1.165, 1.54) is 111 Å². The van der Waals surface area contributed by atoms with Gasteiger partial charge in [-0.15, -0.1) is 0 Å². The molecule has 119 heavy (non-hydrogen) atoms. The van der Waals surface area contributed by atoms with E-state index in [4.69, 9.17) is 9.47 Å². The maximum Gasteiger partial charge on any atom is 0.408 e. The van der Waals surface area contributed by atoms with E-state index in [9.17, 15) is 81.5 Å². The first kappa shape index (κ1) is 107. The van der Waals surface area contributed by atoms with Crippen molar-refractivity contribution < 1.29 is 91.0 Å². The number of nitrogens with one attached hydrogen (secondary N) is 16. The van der Waals surface area contributed by atoms with Crippen molar-refractivity contribution >= 4 is 101 Å². The monoisotopic (exact) mass is 1680 g/mol. The fourth-order valence-electron chi connectivity index (χ4n) is 11.4. The molecule has 0 bridgehead atoms. The van der Waals surface area contributed by atoms with Crippen LogP contribution in [-0.2, 0) is 92.8 Å². The van der Waals surface area contributed by atoms with Gasteiger partial charge in [0.05, 0.1) is 0 Å². The molecule has 8 atom stereocenters. The summed E-state index contributed by atoms with van der Waals surface area (Å²) in [5.41, 5.74) is -13.8. The van der Waals surface area contributed by atoms with Gasteiger partial charge in [0.2, 0.25) is 88.6 Å². The molecule has 0 aliphatic heterocycles. The van der Waals surface area contributed by atoms with Crippen molar-refractivity contribution in [3.05, 3.63) is 35.9 Å². The number of amides is 16. The van der Waals surface area contributed by atoms with Crippen LogP contribution >= 0.6 is 0 Å². The second-order valence-electron chi connectivity index (χ2n) is 38.7. The second kappa shape index (κ2) is 42.8. The first-order valence-corrected chi connectivity index (χ1v) is 40.7. The molecule has 0 unspecified atom stereocenters. The van der Waals surface area contributed by atoms with Gasteiger partial charge in [0.1, 0.15) is 105 Å². The summed E-state index contributed by atoms with van der Waals surface area (Å²) in [4.78, 5) is 237.